The number of hydrogen-bond acceptors (Lipinski definition) is 6. The summed E-state index contributed by atoms with van der Waals surface area (Å²) < 4.78 is 6.19. The van der Waals surface area contributed by atoms with E-state index in [0.29, 0.717) is 54.8 Å². The van der Waals surface area contributed by atoms with Crippen LogP contribution in [0.15, 0.2) is 36.4 Å². The van der Waals surface area contributed by atoms with E-state index < -0.39 is 0 Å². The standard InChI is InChI=1S/C30H33ClN6O2/c1-32-15-20-7-5-14-36(16-20)28-24-17-37(29(38)23-11-3-8-21-9-4-12-25(31)27(21)23)18-26(24)33-30(34-28)39-19-22-10-6-13-35(22)2/h3-4,8-9,11-12,20,22H,5-7,10,13-19H2,2H3/t20-,22-/m0/s1. The Bertz CT molecular complexity index is 1430. The first-order valence-corrected chi connectivity index (χ1v) is 14.2. The molecule has 6 rings (SSSR count). The molecule has 0 bridgehead atoms. The SMILES string of the molecule is [C-]#[N+]C[C@@H]1CCCN(c2nc(OC[C@@H]3CCCN3C)nc3c2CN(C(=O)c2cccc4cccc(Cl)c24)C3)C1. The molecule has 1 aromatic heterocycles. The lowest BCUT2D eigenvalue weighted by Gasteiger charge is -2.32. The second-order valence-corrected chi connectivity index (χ2v) is 11.3. The van der Waals surface area contributed by atoms with E-state index in [1.54, 1.807) is 0 Å². The van der Waals surface area contributed by atoms with Crippen molar-refractivity contribution in [1.82, 2.24) is 19.8 Å². The van der Waals surface area contributed by atoms with Crippen molar-refractivity contribution in [2.75, 3.05) is 44.7 Å². The lowest BCUT2D eigenvalue weighted by atomic mass is 9.98. The number of anilines is 1. The Morgan fingerprint density at radius 3 is 2.74 bits per heavy atom. The molecule has 0 unspecified atom stereocenters. The van der Waals surface area contributed by atoms with Gasteiger partial charge in [-0.2, -0.15) is 9.97 Å². The summed E-state index contributed by atoms with van der Waals surface area (Å²) in [5.74, 6) is 1.09. The van der Waals surface area contributed by atoms with Gasteiger partial charge in [-0.25, -0.2) is 6.57 Å². The summed E-state index contributed by atoms with van der Waals surface area (Å²) in [5.41, 5.74) is 2.40. The van der Waals surface area contributed by atoms with Gasteiger partial charge >= 0.3 is 6.01 Å². The summed E-state index contributed by atoms with van der Waals surface area (Å²) in [6, 6.07) is 12.2. The molecule has 4 heterocycles. The summed E-state index contributed by atoms with van der Waals surface area (Å²) in [5, 5.41) is 2.29. The Morgan fingerprint density at radius 2 is 1.95 bits per heavy atom. The maximum Gasteiger partial charge on any atom is 0.318 e. The molecule has 3 aliphatic rings. The molecule has 8 nitrogen and oxygen atoms in total. The van der Waals surface area contributed by atoms with Crippen molar-refractivity contribution in [3.05, 3.63) is 69.7 Å². The van der Waals surface area contributed by atoms with Gasteiger partial charge in [-0.3, -0.25) is 4.79 Å². The maximum absolute atomic E-state index is 13.9. The lowest BCUT2D eigenvalue weighted by Crippen LogP contribution is -2.38. The number of piperidine rings is 1. The highest BCUT2D eigenvalue weighted by Crippen LogP contribution is 2.36. The molecule has 1 amide bonds. The third-order valence-corrected chi connectivity index (χ3v) is 8.67. The van der Waals surface area contributed by atoms with Crippen molar-refractivity contribution in [2.24, 2.45) is 5.92 Å². The predicted octanol–water partition coefficient (Wildman–Crippen LogP) is 5.05. The lowest BCUT2D eigenvalue weighted by molar-refractivity contribution is 0.0752. The average molecular weight is 545 g/mol. The maximum atomic E-state index is 13.9. The van der Waals surface area contributed by atoms with Crippen LogP contribution in [0.4, 0.5) is 5.82 Å². The van der Waals surface area contributed by atoms with Crippen LogP contribution >= 0.6 is 11.6 Å². The number of rotatable bonds is 6. The molecular weight excluding hydrogens is 512 g/mol. The largest absolute Gasteiger partial charge is 0.462 e. The quantitative estimate of drug-likeness (QED) is 0.405. The topological polar surface area (TPSA) is 66.2 Å². The zero-order valence-corrected chi connectivity index (χ0v) is 23.0. The fraction of sp³-hybridized carbons (Fsp3) is 0.467. The third kappa shape index (κ3) is 5.13. The van der Waals surface area contributed by atoms with Crippen LogP contribution in [0.5, 0.6) is 6.01 Å². The fourth-order valence-electron chi connectivity index (χ4n) is 6.22. The summed E-state index contributed by atoms with van der Waals surface area (Å²) in [4.78, 5) is 33.7. The second-order valence-electron chi connectivity index (χ2n) is 10.9. The number of amides is 1. The zero-order valence-electron chi connectivity index (χ0n) is 22.3. The second kappa shape index (κ2) is 11.0. The van der Waals surface area contributed by atoms with Gasteiger partial charge in [0.15, 0.2) is 0 Å². The molecule has 2 aromatic carbocycles. The first-order valence-electron chi connectivity index (χ1n) is 13.8. The first kappa shape index (κ1) is 25.8. The number of ether oxygens (including phenoxy) is 1. The minimum atomic E-state index is -0.0720. The number of likely N-dealkylation sites (tertiary alicyclic amines) is 1. The van der Waals surface area contributed by atoms with Crippen molar-refractivity contribution in [3.63, 3.8) is 0 Å². The van der Waals surface area contributed by atoms with E-state index in [1.807, 2.05) is 41.3 Å². The van der Waals surface area contributed by atoms with E-state index in [4.69, 9.17) is 32.9 Å². The van der Waals surface area contributed by atoms with Crippen LogP contribution in [0.3, 0.4) is 0 Å². The van der Waals surface area contributed by atoms with Gasteiger partial charge in [0.05, 0.1) is 18.8 Å². The fourth-order valence-corrected chi connectivity index (χ4v) is 6.51. The summed E-state index contributed by atoms with van der Waals surface area (Å²) in [6.45, 7) is 12.0. The monoisotopic (exact) mass is 544 g/mol. The molecule has 2 atom stereocenters. The van der Waals surface area contributed by atoms with Crippen LogP contribution < -0.4 is 9.64 Å². The molecule has 3 aromatic rings. The molecule has 0 radical (unpaired) electrons. The Kier molecular flexibility index (Phi) is 7.28. The number of hydrogen-bond donors (Lipinski definition) is 0. The summed E-state index contributed by atoms with van der Waals surface area (Å²) in [6.07, 6.45) is 4.34. The smallest absolute Gasteiger partial charge is 0.318 e. The van der Waals surface area contributed by atoms with E-state index in [1.165, 1.54) is 6.42 Å². The van der Waals surface area contributed by atoms with E-state index in [2.05, 4.69) is 21.7 Å². The normalized spacial score (nSPS) is 21.3. The van der Waals surface area contributed by atoms with Gasteiger partial charge in [-0.05, 0) is 56.8 Å². The van der Waals surface area contributed by atoms with Gasteiger partial charge < -0.3 is 24.3 Å². The average Bonchev–Trinajstić information content (AvgIpc) is 3.57. The summed E-state index contributed by atoms with van der Waals surface area (Å²) >= 11 is 6.55. The number of likely N-dealkylation sites (N-methyl/N-ethyl adjacent to an activating group) is 1. The van der Waals surface area contributed by atoms with Crippen molar-refractivity contribution < 1.29 is 9.53 Å². The number of halogens is 1. The minimum Gasteiger partial charge on any atom is -0.462 e. The molecule has 0 N–H and O–H groups in total. The van der Waals surface area contributed by atoms with Crippen molar-refractivity contribution >= 4 is 34.1 Å². The van der Waals surface area contributed by atoms with Crippen molar-refractivity contribution in [3.8, 4) is 6.01 Å². The zero-order chi connectivity index (χ0) is 26.9. The molecule has 0 aliphatic carbocycles. The number of carbonyl (C=O) groups excluding carboxylic acids is 1. The van der Waals surface area contributed by atoms with Crippen LogP contribution in [-0.4, -0.2) is 71.6 Å². The third-order valence-electron chi connectivity index (χ3n) is 8.36. The first-order chi connectivity index (χ1) is 19.0. The predicted molar refractivity (Wildman–Crippen MR) is 152 cm³/mol. The minimum absolute atomic E-state index is 0.0720. The number of fused-ring (bicyclic) bond motifs is 2. The molecule has 39 heavy (non-hydrogen) atoms. The molecular formula is C30H33ClN6O2. The van der Waals surface area contributed by atoms with Gasteiger partial charge in [-0.15, -0.1) is 0 Å². The highest BCUT2D eigenvalue weighted by atomic mass is 35.5. The van der Waals surface area contributed by atoms with Gasteiger partial charge in [0, 0.05) is 46.6 Å². The van der Waals surface area contributed by atoms with Gasteiger partial charge in [0.1, 0.15) is 12.4 Å². The Labute approximate surface area is 234 Å². The van der Waals surface area contributed by atoms with Crippen molar-refractivity contribution in [2.45, 2.75) is 44.8 Å². The number of carbonyl (C=O) groups is 1. The number of nitrogens with zero attached hydrogens (tertiary/aromatic N) is 6. The Balaban J connectivity index is 1.31. The van der Waals surface area contributed by atoms with Crippen LogP contribution in [-0.2, 0) is 13.1 Å². The highest BCUT2D eigenvalue weighted by Gasteiger charge is 2.34. The molecule has 3 aliphatic heterocycles. The van der Waals surface area contributed by atoms with Crippen LogP contribution in [0.1, 0.15) is 47.3 Å². The molecule has 9 heteroatoms. The van der Waals surface area contributed by atoms with Crippen LogP contribution in [0, 0.1) is 12.5 Å². The Hall–Kier alpha value is -3.41. The van der Waals surface area contributed by atoms with Gasteiger partial charge in [0.25, 0.3) is 5.91 Å². The number of aromatic nitrogens is 2. The van der Waals surface area contributed by atoms with Crippen LogP contribution in [0.25, 0.3) is 15.6 Å². The molecule has 202 valence electrons. The summed E-state index contributed by atoms with van der Waals surface area (Å²) in [7, 11) is 2.13. The molecule has 0 spiro atoms. The number of benzene rings is 2. The van der Waals surface area contributed by atoms with E-state index in [0.717, 1.165) is 66.7 Å². The van der Waals surface area contributed by atoms with E-state index in [9.17, 15) is 4.79 Å². The molecule has 2 fully saturated rings. The van der Waals surface area contributed by atoms with Gasteiger partial charge in [0.2, 0.25) is 6.54 Å². The highest BCUT2D eigenvalue weighted by molar-refractivity contribution is 6.36. The van der Waals surface area contributed by atoms with E-state index >= 15 is 0 Å². The van der Waals surface area contributed by atoms with E-state index in [-0.39, 0.29) is 5.91 Å². The Morgan fingerprint density at radius 1 is 1.13 bits per heavy atom. The van der Waals surface area contributed by atoms with Gasteiger partial charge in [-0.1, -0.05) is 35.9 Å². The van der Waals surface area contributed by atoms with Crippen LogP contribution in [0.2, 0.25) is 5.02 Å². The van der Waals surface area contributed by atoms with Crippen molar-refractivity contribution in [1.29, 1.82) is 0 Å². The molecule has 0 saturated carbocycles. The molecule has 2 saturated heterocycles.